The fraction of sp³-hybridized carbons (Fsp3) is 0.929. The zero-order chi connectivity index (χ0) is 13.1. The second-order valence-corrected chi connectivity index (χ2v) is 5.90. The van der Waals surface area contributed by atoms with Gasteiger partial charge in [0.2, 0.25) is 5.91 Å². The van der Waals surface area contributed by atoms with Crippen LogP contribution in [0.5, 0.6) is 0 Å². The van der Waals surface area contributed by atoms with Gasteiger partial charge in [-0.2, -0.15) is 0 Å². The van der Waals surface area contributed by atoms with Crippen LogP contribution in [0.15, 0.2) is 0 Å². The van der Waals surface area contributed by atoms with E-state index in [1.54, 1.807) is 0 Å². The maximum atomic E-state index is 12.5. The molecule has 4 unspecified atom stereocenters. The average Bonchev–Trinajstić information content (AvgIpc) is 2.94. The molecule has 0 aliphatic carbocycles. The largest absolute Gasteiger partial charge is 0.379 e. The Bertz CT molecular complexity index is 286. The Hall–Kier alpha value is -0.610. The van der Waals surface area contributed by atoms with Crippen molar-refractivity contribution in [3.05, 3.63) is 0 Å². The summed E-state index contributed by atoms with van der Waals surface area (Å²) in [6, 6.07) is 0.212. The molecule has 2 fully saturated rings. The lowest BCUT2D eigenvalue weighted by atomic mass is 10.0. The first-order valence-electron chi connectivity index (χ1n) is 7.23. The molecule has 2 saturated heterocycles. The Morgan fingerprint density at radius 2 is 1.94 bits per heavy atom. The van der Waals surface area contributed by atoms with Gasteiger partial charge in [0.25, 0.3) is 0 Å². The molecule has 0 spiro atoms. The number of carbonyl (C=O) groups is 1. The van der Waals surface area contributed by atoms with Crippen LogP contribution < -0.4 is 5.32 Å². The summed E-state index contributed by atoms with van der Waals surface area (Å²) in [6.07, 6.45) is 1.09. The van der Waals surface area contributed by atoms with Crippen LogP contribution in [0, 0.1) is 17.8 Å². The average molecular weight is 254 g/mol. The van der Waals surface area contributed by atoms with Crippen LogP contribution in [-0.2, 0) is 9.53 Å². The van der Waals surface area contributed by atoms with E-state index in [1.165, 1.54) is 0 Å². The molecule has 0 aromatic carbocycles. The maximum absolute atomic E-state index is 12.5. The van der Waals surface area contributed by atoms with Crippen LogP contribution >= 0.6 is 0 Å². The minimum absolute atomic E-state index is 0.0223. The molecule has 4 heteroatoms. The third kappa shape index (κ3) is 2.86. The predicted octanol–water partition coefficient (Wildman–Crippen LogP) is 1.12. The molecule has 2 heterocycles. The van der Waals surface area contributed by atoms with Gasteiger partial charge in [-0.1, -0.05) is 20.8 Å². The summed E-state index contributed by atoms with van der Waals surface area (Å²) in [7, 11) is 0. The van der Waals surface area contributed by atoms with Crippen molar-refractivity contribution in [2.24, 2.45) is 17.8 Å². The van der Waals surface area contributed by atoms with E-state index in [2.05, 4.69) is 26.1 Å². The van der Waals surface area contributed by atoms with Gasteiger partial charge in [0.15, 0.2) is 0 Å². The first kappa shape index (κ1) is 13.8. The lowest BCUT2D eigenvalue weighted by Crippen LogP contribution is -2.45. The molecule has 0 bridgehead atoms. The molecular weight excluding hydrogens is 228 g/mol. The molecule has 4 nitrogen and oxygen atoms in total. The Balaban J connectivity index is 1.91. The van der Waals surface area contributed by atoms with Gasteiger partial charge in [0, 0.05) is 19.1 Å². The molecule has 4 atom stereocenters. The predicted molar refractivity (Wildman–Crippen MR) is 71.3 cm³/mol. The normalized spacial score (nSPS) is 36.3. The number of hydrogen-bond acceptors (Lipinski definition) is 3. The van der Waals surface area contributed by atoms with E-state index < -0.39 is 0 Å². The van der Waals surface area contributed by atoms with Crippen molar-refractivity contribution >= 4 is 5.91 Å². The summed E-state index contributed by atoms with van der Waals surface area (Å²) in [6.45, 7) is 10.7. The molecule has 104 valence electrons. The Labute approximate surface area is 110 Å². The molecular formula is C14H26N2O2. The van der Waals surface area contributed by atoms with Gasteiger partial charge in [-0.05, 0) is 24.8 Å². The molecule has 1 N–H and O–H groups in total. The monoisotopic (exact) mass is 254 g/mol. The molecule has 2 aliphatic rings. The smallest absolute Gasteiger partial charge is 0.229 e. The van der Waals surface area contributed by atoms with Crippen molar-refractivity contribution < 1.29 is 9.53 Å². The van der Waals surface area contributed by atoms with E-state index in [0.717, 1.165) is 26.1 Å². The first-order valence-corrected chi connectivity index (χ1v) is 7.23. The summed E-state index contributed by atoms with van der Waals surface area (Å²) in [4.78, 5) is 14.6. The van der Waals surface area contributed by atoms with Crippen LogP contribution in [-0.4, -0.2) is 49.7 Å². The van der Waals surface area contributed by atoms with E-state index in [0.29, 0.717) is 25.0 Å². The van der Waals surface area contributed by atoms with Crippen molar-refractivity contribution in [2.45, 2.75) is 33.2 Å². The van der Waals surface area contributed by atoms with Gasteiger partial charge in [-0.25, -0.2) is 0 Å². The highest BCUT2D eigenvalue weighted by Gasteiger charge is 2.39. The quantitative estimate of drug-likeness (QED) is 0.817. The van der Waals surface area contributed by atoms with Gasteiger partial charge in [-0.3, -0.25) is 4.79 Å². The molecule has 1 amide bonds. The lowest BCUT2D eigenvalue weighted by molar-refractivity contribution is -0.135. The molecule has 0 aromatic heterocycles. The molecule has 0 saturated carbocycles. The summed E-state index contributed by atoms with van der Waals surface area (Å²) in [5.41, 5.74) is 0. The molecule has 18 heavy (non-hydrogen) atoms. The lowest BCUT2D eigenvalue weighted by Gasteiger charge is -2.24. The van der Waals surface area contributed by atoms with Crippen molar-refractivity contribution in [3.63, 3.8) is 0 Å². The number of nitrogens with zero attached hydrogens (tertiary/aromatic N) is 1. The first-order chi connectivity index (χ1) is 8.63. The second-order valence-electron chi connectivity index (χ2n) is 5.90. The summed E-state index contributed by atoms with van der Waals surface area (Å²) in [5, 5.41) is 3.44. The van der Waals surface area contributed by atoms with Crippen LogP contribution in [0.2, 0.25) is 0 Å². The maximum Gasteiger partial charge on any atom is 0.229 e. The fourth-order valence-electron chi connectivity index (χ4n) is 2.87. The van der Waals surface area contributed by atoms with Crippen LogP contribution in [0.25, 0.3) is 0 Å². The minimum atomic E-state index is 0.0223. The second kappa shape index (κ2) is 6.02. The minimum Gasteiger partial charge on any atom is -0.379 e. The highest BCUT2D eigenvalue weighted by atomic mass is 16.5. The SMILES string of the molecule is CCCNC1COCC1C(=O)N1CC(C)C(C)C1. The van der Waals surface area contributed by atoms with Gasteiger partial charge in [0.05, 0.1) is 19.1 Å². The Morgan fingerprint density at radius 3 is 2.56 bits per heavy atom. The Morgan fingerprint density at radius 1 is 1.28 bits per heavy atom. The number of carbonyl (C=O) groups excluding carboxylic acids is 1. The summed E-state index contributed by atoms with van der Waals surface area (Å²) in [5.74, 6) is 1.56. The number of rotatable bonds is 4. The van der Waals surface area contributed by atoms with Crippen LogP contribution in [0.1, 0.15) is 27.2 Å². The number of amides is 1. The van der Waals surface area contributed by atoms with E-state index in [4.69, 9.17) is 4.74 Å². The zero-order valence-electron chi connectivity index (χ0n) is 11.8. The van der Waals surface area contributed by atoms with Gasteiger partial charge in [-0.15, -0.1) is 0 Å². The molecule has 2 rings (SSSR count). The van der Waals surface area contributed by atoms with Crippen molar-refractivity contribution in [3.8, 4) is 0 Å². The van der Waals surface area contributed by atoms with Crippen molar-refractivity contribution in [1.29, 1.82) is 0 Å². The van der Waals surface area contributed by atoms with Crippen molar-refractivity contribution in [2.75, 3.05) is 32.8 Å². The molecule has 0 radical (unpaired) electrons. The topological polar surface area (TPSA) is 41.6 Å². The third-order valence-electron chi connectivity index (χ3n) is 4.35. The van der Waals surface area contributed by atoms with Crippen LogP contribution in [0.3, 0.4) is 0 Å². The summed E-state index contributed by atoms with van der Waals surface area (Å²) < 4.78 is 5.49. The van der Waals surface area contributed by atoms with Gasteiger partial charge in [0.1, 0.15) is 0 Å². The number of nitrogens with one attached hydrogen (secondary N) is 1. The number of ether oxygens (including phenoxy) is 1. The Kier molecular flexibility index (Phi) is 4.62. The fourth-order valence-corrected chi connectivity index (χ4v) is 2.87. The highest BCUT2D eigenvalue weighted by Crippen LogP contribution is 2.26. The summed E-state index contributed by atoms with van der Waals surface area (Å²) >= 11 is 0. The van der Waals surface area contributed by atoms with E-state index in [9.17, 15) is 4.79 Å². The van der Waals surface area contributed by atoms with E-state index >= 15 is 0 Å². The van der Waals surface area contributed by atoms with Crippen molar-refractivity contribution in [1.82, 2.24) is 10.2 Å². The van der Waals surface area contributed by atoms with Crippen LogP contribution in [0.4, 0.5) is 0 Å². The van der Waals surface area contributed by atoms with Gasteiger partial charge >= 0.3 is 0 Å². The standard InChI is InChI=1S/C14H26N2O2/c1-4-5-15-13-9-18-8-12(13)14(17)16-6-10(2)11(3)7-16/h10-13,15H,4-9H2,1-3H3. The highest BCUT2D eigenvalue weighted by molar-refractivity contribution is 5.80. The third-order valence-corrected chi connectivity index (χ3v) is 4.35. The molecule has 0 aromatic rings. The number of hydrogen-bond donors (Lipinski definition) is 1. The number of likely N-dealkylation sites (tertiary alicyclic amines) is 1. The van der Waals surface area contributed by atoms with E-state index in [-0.39, 0.29) is 17.9 Å². The zero-order valence-corrected chi connectivity index (χ0v) is 11.8. The van der Waals surface area contributed by atoms with E-state index in [1.807, 2.05) is 4.90 Å². The van der Waals surface area contributed by atoms with Gasteiger partial charge < -0.3 is 15.0 Å². The molecule has 2 aliphatic heterocycles.